The number of rotatable bonds is 2. The number of amides is 2. The van der Waals surface area contributed by atoms with Crippen molar-refractivity contribution in [2.45, 2.75) is 13.0 Å². The second kappa shape index (κ2) is 6.49. The average molecular weight is 278 g/mol. The van der Waals surface area contributed by atoms with E-state index in [-0.39, 0.29) is 13.2 Å². The van der Waals surface area contributed by atoms with Crippen LogP contribution >= 0.6 is 0 Å². The van der Waals surface area contributed by atoms with Gasteiger partial charge in [0.1, 0.15) is 0 Å². The van der Waals surface area contributed by atoms with Crippen LogP contribution in [0.25, 0.3) is 0 Å². The van der Waals surface area contributed by atoms with Crippen LogP contribution in [0.4, 0.5) is 5.69 Å². The maximum absolute atomic E-state index is 12.1. The zero-order valence-electron chi connectivity index (χ0n) is 11.3. The fourth-order valence-corrected chi connectivity index (χ4v) is 2.03. The van der Waals surface area contributed by atoms with E-state index in [4.69, 9.17) is 4.74 Å². The molecular formula is C14H18N2O4. The molecule has 1 aliphatic rings. The third kappa shape index (κ3) is 3.34. The van der Waals surface area contributed by atoms with E-state index in [1.165, 1.54) is 4.90 Å². The quantitative estimate of drug-likeness (QED) is 0.755. The van der Waals surface area contributed by atoms with E-state index < -0.39 is 17.9 Å². The third-order valence-electron chi connectivity index (χ3n) is 3.20. The summed E-state index contributed by atoms with van der Waals surface area (Å²) in [5.41, 5.74) is 1.64. The summed E-state index contributed by atoms with van der Waals surface area (Å²) < 4.78 is 5.18. The first-order chi connectivity index (χ1) is 9.61. The number of morpholine rings is 1. The Labute approximate surface area is 117 Å². The van der Waals surface area contributed by atoms with E-state index in [1.807, 2.05) is 19.1 Å². The number of aliphatic hydroxyl groups excluding tert-OH is 1. The summed E-state index contributed by atoms with van der Waals surface area (Å²) in [5.74, 6) is -1.35. The summed E-state index contributed by atoms with van der Waals surface area (Å²) in [7, 11) is 0. The SMILES string of the molecule is Cc1ccc(NC(=O)C(=O)N2CCOCC2CO)cc1. The van der Waals surface area contributed by atoms with Gasteiger partial charge in [-0.1, -0.05) is 17.7 Å². The zero-order chi connectivity index (χ0) is 14.5. The zero-order valence-corrected chi connectivity index (χ0v) is 11.3. The van der Waals surface area contributed by atoms with Gasteiger partial charge in [0.2, 0.25) is 0 Å². The Morgan fingerprint density at radius 1 is 1.40 bits per heavy atom. The largest absolute Gasteiger partial charge is 0.394 e. The number of hydrogen-bond acceptors (Lipinski definition) is 4. The molecule has 1 aromatic carbocycles. The molecule has 1 atom stereocenters. The number of aryl methyl sites for hydroxylation is 1. The van der Waals surface area contributed by atoms with E-state index in [0.29, 0.717) is 18.8 Å². The summed E-state index contributed by atoms with van der Waals surface area (Å²) in [4.78, 5) is 25.4. The molecule has 1 unspecified atom stereocenters. The minimum absolute atomic E-state index is 0.219. The molecule has 1 fully saturated rings. The molecule has 0 saturated carbocycles. The summed E-state index contributed by atoms with van der Waals surface area (Å²) in [6.07, 6.45) is 0. The Balaban J connectivity index is 2.00. The van der Waals surface area contributed by atoms with Crippen LogP contribution in [0.15, 0.2) is 24.3 Å². The number of anilines is 1. The lowest BCUT2D eigenvalue weighted by Crippen LogP contribution is -2.53. The molecule has 20 heavy (non-hydrogen) atoms. The molecule has 2 N–H and O–H groups in total. The van der Waals surface area contributed by atoms with Crippen molar-refractivity contribution in [3.8, 4) is 0 Å². The molecule has 0 aromatic heterocycles. The van der Waals surface area contributed by atoms with Crippen molar-refractivity contribution >= 4 is 17.5 Å². The van der Waals surface area contributed by atoms with Crippen LogP contribution in [0.3, 0.4) is 0 Å². The van der Waals surface area contributed by atoms with E-state index in [0.717, 1.165) is 5.56 Å². The van der Waals surface area contributed by atoms with Crippen LogP contribution in [-0.2, 0) is 14.3 Å². The summed E-state index contributed by atoms with van der Waals surface area (Å²) in [6.45, 7) is 2.66. The van der Waals surface area contributed by atoms with Gasteiger partial charge < -0.3 is 20.1 Å². The Hall–Kier alpha value is -1.92. The average Bonchev–Trinajstić information content (AvgIpc) is 2.48. The van der Waals surface area contributed by atoms with Crippen LogP contribution < -0.4 is 5.32 Å². The molecule has 1 heterocycles. The Kier molecular flexibility index (Phi) is 4.70. The predicted octanol–water partition coefficient (Wildman–Crippen LogP) is 0.153. The number of hydrogen-bond donors (Lipinski definition) is 2. The minimum Gasteiger partial charge on any atom is -0.394 e. The van der Waals surface area contributed by atoms with Crippen molar-refractivity contribution in [3.63, 3.8) is 0 Å². The van der Waals surface area contributed by atoms with Crippen LogP contribution in [0, 0.1) is 6.92 Å². The van der Waals surface area contributed by atoms with Crippen molar-refractivity contribution in [3.05, 3.63) is 29.8 Å². The fourth-order valence-electron chi connectivity index (χ4n) is 2.03. The molecular weight excluding hydrogens is 260 g/mol. The second-order valence-corrected chi connectivity index (χ2v) is 4.73. The number of carbonyl (C=O) groups excluding carboxylic acids is 2. The maximum Gasteiger partial charge on any atom is 0.313 e. The van der Waals surface area contributed by atoms with E-state index in [2.05, 4.69) is 5.32 Å². The van der Waals surface area contributed by atoms with Crippen LogP contribution in [-0.4, -0.2) is 54.2 Å². The monoisotopic (exact) mass is 278 g/mol. The molecule has 0 aliphatic carbocycles. The molecule has 0 spiro atoms. The van der Waals surface area contributed by atoms with Gasteiger partial charge in [-0.3, -0.25) is 9.59 Å². The van der Waals surface area contributed by atoms with Gasteiger partial charge in [-0.05, 0) is 19.1 Å². The first-order valence-electron chi connectivity index (χ1n) is 6.49. The number of aliphatic hydroxyl groups is 1. The number of ether oxygens (including phenoxy) is 1. The number of carbonyl (C=O) groups is 2. The molecule has 0 radical (unpaired) electrons. The normalized spacial score (nSPS) is 18.7. The van der Waals surface area contributed by atoms with Gasteiger partial charge in [0.05, 0.1) is 25.9 Å². The molecule has 108 valence electrons. The smallest absolute Gasteiger partial charge is 0.313 e. The molecule has 1 aromatic rings. The Bertz CT molecular complexity index is 486. The molecule has 1 saturated heterocycles. The summed E-state index contributed by atoms with van der Waals surface area (Å²) in [5, 5.41) is 11.8. The lowest BCUT2D eigenvalue weighted by Gasteiger charge is -2.33. The standard InChI is InChI=1S/C14H18N2O4/c1-10-2-4-11(5-3-10)15-13(18)14(19)16-6-7-20-9-12(16)8-17/h2-5,12,17H,6-9H2,1H3,(H,15,18). The van der Waals surface area contributed by atoms with Crippen molar-refractivity contribution in [2.24, 2.45) is 0 Å². The third-order valence-corrected chi connectivity index (χ3v) is 3.20. The van der Waals surface area contributed by atoms with Gasteiger partial charge in [-0.15, -0.1) is 0 Å². The molecule has 0 bridgehead atoms. The number of benzene rings is 1. The van der Waals surface area contributed by atoms with Gasteiger partial charge in [0.25, 0.3) is 0 Å². The highest BCUT2D eigenvalue weighted by atomic mass is 16.5. The minimum atomic E-state index is -0.700. The van der Waals surface area contributed by atoms with E-state index >= 15 is 0 Å². The Morgan fingerprint density at radius 2 is 2.10 bits per heavy atom. The second-order valence-electron chi connectivity index (χ2n) is 4.73. The first kappa shape index (κ1) is 14.5. The van der Waals surface area contributed by atoms with Crippen LogP contribution in [0.5, 0.6) is 0 Å². The van der Waals surface area contributed by atoms with Gasteiger partial charge >= 0.3 is 11.8 Å². The van der Waals surface area contributed by atoms with Crippen molar-refractivity contribution in [2.75, 3.05) is 31.7 Å². The molecule has 2 rings (SSSR count). The highest BCUT2D eigenvalue weighted by Gasteiger charge is 2.30. The topological polar surface area (TPSA) is 78.9 Å². The van der Waals surface area contributed by atoms with Crippen LogP contribution in [0.2, 0.25) is 0 Å². The Morgan fingerprint density at radius 3 is 2.75 bits per heavy atom. The van der Waals surface area contributed by atoms with E-state index in [9.17, 15) is 14.7 Å². The highest BCUT2D eigenvalue weighted by Crippen LogP contribution is 2.11. The van der Waals surface area contributed by atoms with Gasteiger partial charge in [0.15, 0.2) is 0 Å². The van der Waals surface area contributed by atoms with Gasteiger partial charge in [0, 0.05) is 12.2 Å². The van der Waals surface area contributed by atoms with Gasteiger partial charge in [-0.25, -0.2) is 0 Å². The summed E-state index contributed by atoms with van der Waals surface area (Å²) >= 11 is 0. The molecule has 1 aliphatic heterocycles. The maximum atomic E-state index is 12.1. The van der Waals surface area contributed by atoms with E-state index in [1.54, 1.807) is 12.1 Å². The summed E-state index contributed by atoms with van der Waals surface area (Å²) in [6, 6.07) is 6.73. The first-order valence-corrected chi connectivity index (χ1v) is 6.49. The van der Waals surface area contributed by atoms with Crippen molar-refractivity contribution in [1.82, 2.24) is 4.90 Å². The molecule has 2 amide bonds. The fraction of sp³-hybridized carbons (Fsp3) is 0.429. The predicted molar refractivity (Wildman–Crippen MR) is 73.2 cm³/mol. The number of nitrogens with one attached hydrogen (secondary N) is 1. The van der Waals surface area contributed by atoms with Crippen molar-refractivity contribution in [1.29, 1.82) is 0 Å². The molecule has 6 heteroatoms. The lowest BCUT2D eigenvalue weighted by atomic mass is 10.2. The van der Waals surface area contributed by atoms with Crippen LogP contribution in [0.1, 0.15) is 5.56 Å². The molecule has 6 nitrogen and oxygen atoms in total. The highest BCUT2D eigenvalue weighted by molar-refractivity contribution is 6.39. The number of nitrogens with zero attached hydrogens (tertiary/aromatic N) is 1. The lowest BCUT2D eigenvalue weighted by molar-refractivity contribution is -0.150. The van der Waals surface area contributed by atoms with Gasteiger partial charge in [-0.2, -0.15) is 0 Å². The van der Waals surface area contributed by atoms with Crippen molar-refractivity contribution < 1.29 is 19.4 Å².